The molecule has 0 saturated carbocycles. The third-order valence-corrected chi connectivity index (χ3v) is 6.15. The Morgan fingerprint density at radius 3 is 2.84 bits per heavy atom. The van der Waals surface area contributed by atoms with Crippen LogP contribution in [0.15, 0.2) is 59.9 Å². The minimum Gasteiger partial charge on any atom is -0.454 e. The summed E-state index contributed by atoms with van der Waals surface area (Å²) in [5, 5.41) is 8.32. The third-order valence-electron chi connectivity index (χ3n) is 5.15. The zero-order valence-electron chi connectivity index (χ0n) is 17.1. The number of aromatic nitrogens is 3. The molecule has 2 aromatic heterocycles. The second kappa shape index (κ2) is 7.96. The monoisotopic (exact) mass is 432 g/mol. The van der Waals surface area contributed by atoms with Gasteiger partial charge in [-0.25, -0.2) is 9.50 Å². The Balaban J connectivity index is 1.31. The van der Waals surface area contributed by atoms with Crippen LogP contribution < -0.4 is 14.8 Å². The molecule has 156 valence electrons. The second-order valence-corrected chi connectivity index (χ2v) is 8.26. The van der Waals surface area contributed by atoms with Gasteiger partial charge in [0, 0.05) is 29.7 Å². The molecular formula is C23H20N4O3S. The zero-order chi connectivity index (χ0) is 21.4. The lowest BCUT2D eigenvalue weighted by Crippen LogP contribution is -2.14. The van der Waals surface area contributed by atoms with Gasteiger partial charge in [-0.05, 0) is 49.2 Å². The van der Waals surface area contributed by atoms with Crippen molar-refractivity contribution in [3.8, 4) is 22.8 Å². The number of benzene rings is 2. The van der Waals surface area contributed by atoms with E-state index in [4.69, 9.17) is 9.47 Å². The van der Waals surface area contributed by atoms with Gasteiger partial charge < -0.3 is 14.8 Å². The number of thioether (sulfide) groups is 1. The van der Waals surface area contributed by atoms with Gasteiger partial charge in [0.15, 0.2) is 11.5 Å². The Hall–Kier alpha value is -3.52. The molecule has 5 rings (SSSR count). The average Bonchev–Trinajstić information content (AvgIpc) is 3.41. The van der Waals surface area contributed by atoms with E-state index in [1.807, 2.05) is 12.3 Å². The van der Waals surface area contributed by atoms with Crippen molar-refractivity contribution in [3.05, 3.63) is 66.0 Å². The summed E-state index contributed by atoms with van der Waals surface area (Å²) < 4.78 is 12.4. The van der Waals surface area contributed by atoms with Crippen molar-refractivity contribution in [1.29, 1.82) is 0 Å². The van der Waals surface area contributed by atoms with Crippen LogP contribution in [-0.2, 0) is 4.79 Å². The minimum atomic E-state index is -0.124. The number of anilines is 1. The molecule has 0 bridgehead atoms. The van der Waals surface area contributed by atoms with Gasteiger partial charge in [0.2, 0.25) is 12.7 Å². The number of carbonyl (C=O) groups excluding carboxylic acids is 1. The standard InChI is InChI=1S/C23H20N4O3S/c1-14-3-4-16(9-15(14)2)18-11-19-23(24-7-8-27(19)26-18)31-12-22(28)25-17-5-6-20-21(10-17)30-13-29-20/h3-11H,12-13H2,1-2H3,(H,25,28). The van der Waals surface area contributed by atoms with Gasteiger partial charge in [-0.3, -0.25) is 4.79 Å². The first-order valence-electron chi connectivity index (χ1n) is 9.81. The fourth-order valence-corrected chi connectivity index (χ4v) is 4.13. The Kier molecular flexibility index (Phi) is 4.99. The smallest absolute Gasteiger partial charge is 0.234 e. The van der Waals surface area contributed by atoms with Crippen molar-refractivity contribution in [2.24, 2.45) is 0 Å². The van der Waals surface area contributed by atoms with Gasteiger partial charge in [-0.1, -0.05) is 23.9 Å². The highest BCUT2D eigenvalue weighted by atomic mass is 32.2. The molecule has 0 unspecified atom stereocenters. The molecule has 0 atom stereocenters. The van der Waals surface area contributed by atoms with E-state index in [-0.39, 0.29) is 18.5 Å². The van der Waals surface area contributed by atoms with Crippen molar-refractivity contribution in [2.45, 2.75) is 18.9 Å². The summed E-state index contributed by atoms with van der Waals surface area (Å²) in [6.07, 6.45) is 3.51. The summed E-state index contributed by atoms with van der Waals surface area (Å²) in [6.45, 7) is 4.39. The molecule has 0 radical (unpaired) electrons. The predicted molar refractivity (Wildman–Crippen MR) is 120 cm³/mol. The maximum Gasteiger partial charge on any atom is 0.234 e. The van der Waals surface area contributed by atoms with Crippen molar-refractivity contribution in [2.75, 3.05) is 17.9 Å². The Bertz CT molecular complexity index is 1300. The fraction of sp³-hybridized carbons (Fsp3) is 0.174. The molecule has 4 aromatic rings. The number of fused-ring (bicyclic) bond motifs is 2. The molecule has 2 aromatic carbocycles. The molecule has 0 fully saturated rings. The molecule has 8 heteroatoms. The molecule has 3 heterocycles. The maximum atomic E-state index is 12.5. The van der Waals surface area contributed by atoms with Crippen LogP contribution in [0, 0.1) is 13.8 Å². The summed E-state index contributed by atoms with van der Waals surface area (Å²) in [4.78, 5) is 16.9. The Labute approximate surface area is 183 Å². The fourth-order valence-electron chi connectivity index (χ4n) is 3.36. The zero-order valence-corrected chi connectivity index (χ0v) is 17.9. The van der Waals surface area contributed by atoms with Crippen molar-refractivity contribution in [3.63, 3.8) is 0 Å². The molecule has 1 aliphatic heterocycles. The third kappa shape index (κ3) is 3.94. The molecule has 1 amide bonds. The first-order chi connectivity index (χ1) is 15.1. The predicted octanol–water partition coefficient (Wildman–Crippen LogP) is 4.47. The number of amides is 1. The van der Waals surface area contributed by atoms with E-state index in [0.29, 0.717) is 17.2 Å². The molecule has 0 aliphatic carbocycles. The normalized spacial score (nSPS) is 12.3. The Morgan fingerprint density at radius 1 is 1.10 bits per heavy atom. The largest absolute Gasteiger partial charge is 0.454 e. The maximum absolute atomic E-state index is 12.5. The highest BCUT2D eigenvalue weighted by Crippen LogP contribution is 2.34. The lowest BCUT2D eigenvalue weighted by Gasteiger charge is -2.06. The van der Waals surface area contributed by atoms with Gasteiger partial charge in [0.25, 0.3) is 0 Å². The van der Waals surface area contributed by atoms with E-state index in [0.717, 1.165) is 21.8 Å². The van der Waals surface area contributed by atoms with Crippen LogP contribution in [0.2, 0.25) is 0 Å². The van der Waals surface area contributed by atoms with E-state index in [2.05, 4.69) is 47.4 Å². The number of nitrogens with one attached hydrogen (secondary N) is 1. The summed E-state index contributed by atoms with van der Waals surface area (Å²) in [7, 11) is 0. The van der Waals surface area contributed by atoms with Crippen LogP contribution in [0.1, 0.15) is 11.1 Å². The Morgan fingerprint density at radius 2 is 1.97 bits per heavy atom. The lowest BCUT2D eigenvalue weighted by atomic mass is 10.0. The highest BCUT2D eigenvalue weighted by Gasteiger charge is 2.15. The number of hydrogen-bond donors (Lipinski definition) is 1. The highest BCUT2D eigenvalue weighted by molar-refractivity contribution is 8.00. The molecule has 0 saturated heterocycles. The van der Waals surface area contributed by atoms with Gasteiger partial charge >= 0.3 is 0 Å². The van der Waals surface area contributed by atoms with E-state index < -0.39 is 0 Å². The number of ether oxygens (including phenoxy) is 2. The molecule has 31 heavy (non-hydrogen) atoms. The van der Waals surface area contributed by atoms with E-state index in [1.54, 1.807) is 28.9 Å². The number of nitrogens with zero attached hydrogens (tertiary/aromatic N) is 3. The van der Waals surface area contributed by atoms with Gasteiger partial charge in [-0.15, -0.1) is 0 Å². The van der Waals surface area contributed by atoms with E-state index >= 15 is 0 Å². The average molecular weight is 433 g/mol. The van der Waals surface area contributed by atoms with Gasteiger partial charge in [-0.2, -0.15) is 5.10 Å². The molecule has 1 N–H and O–H groups in total. The number of hydrogen-bond acceptors (Lipinski definition) is 6. The van der Waals surface area contributed by atoms with Gasteiger partial charge in [0.05, 0.1) is 17.0 Å². The first kappa shape index (κ1) is 19.4. The number of rotatable bonds is 5. The second-order valence-electron chi connectivity index (χ2n) is 7.30. The van der Waals surface area contributed by atoms with E-state index in [9.17, 15) is 4.79 Å². The van der Waals surface area contributed by atoms with Gasteiger partial charge in [0.1, 0.15) is 5.03 Å². The molecule has 7 nitrogen and oxygen atoms in total. The topological polar surface area (TPSA) is 77.8 Å². The van der Waals surface area contributed by atoms with Crippen molar-refractivity contribution >= 4 is 28.9 Å². The quantitative estimate of drug-likeness (QED) is 0.469. The number of carbonyl (C=O) groups is 1. The molecular weight excluding hydrogens is 412 g/mol. The van der Waals surface area contributed by atoms with Crippen LogP contribution in [0.3, 0.4) is 0 Å². The van der Waals surface area contributed by atoms with Crippen LogP contribution in [0.25, 0.3) is 16.8 Å². The minimum absolute atomic E-state index is 0.124. The summed E-state index contributed by atoms with van der Waals surface area (Å²) in [5.41, 5.74) is 5.95. The summed E-state index contributed by atoms with van der Waals surface area (Å²) >= 11 is 1.38. The van der Waals surface area contributed by atoms with E-state index in [1.165, 1.54) is 22.9 Å². The summed E-state index contributed by atoms with van der Waals surface area (Å²) in [5.74, 6) is 1.42. The van der Waals surface area contributed by atoms with Crippen LogP contribution in [-0.4, -0.2) is 33.1 Å². The lowest BCUT2D eigenvalue weighted by molar-refractivity contribution is -0.113. The van der Waals surface area contributed by atoms with Crippen molar-refractivity contribution in [1.82, 2.24) is 14.6 Å². The number of aryl methyl sites for hydroxylation is 2. The first-order valence-corrected chi connectivity index (χ1v) is 10.8. The van der Waals surface area contributed by atoms with Crippen LogP contribution in [0.4, 0.5) is 5.69 Å². The van der Waals surface area contributed by atoms with Crippen LogP contribution in [0.5, 0.6) is 11.5 Å². The molecule has 1 aliphatic rings. The van der Waals surface area contributed by atoms with Crippen LogP contribution >= 0.6 is 11.8 Å². The molecule has 0 spiro atoms. The SMILES string of the molecule is Cc1ccc(-c2cc3c(SCC(=O)Nc4ccc5c(c4)OCO5)nccn3n2)cc1C. The summed E-state index contributed by atoms with van der Waals surface area (Å²) in [6, 6.07) is 13.7. The van der Waals surface area contributed by atoms with Crippen molar-refractivity contribution < 1.29 is 14.3 Å².